The molecule has 2 aromatic rings. The van der Waals surface area contributed by atoms with Crippen molar-refractivity contribution in [3.05, 3.63) is 42.2 Å². The van der Waals surface area contributed by atoms with Crippen LogP contribution >= 0.6 is 0 Å². The van der Waals surface area contributed by atoms with Crippen molar-refractivity contribution in [2.75, 3.05) is 0 Å². The standard InChI is InChI=1S/C16H19N3O2/c1-10(2)16(21)17-9-15-18-13-7-5-6-8-14(13)19(15)11(3)12(4)20/h5-8,11H,1,9H2,2-4H3,(H,17,21). The third-order valence-corrected chi connectivity index (χ3v) is 3.44. The highest BCUT2D eigenvalue weighted by Gasteiger charge is 2.19. The third-order valence-electron chi connectivity index (χ3n) is 3.44. The third kappa shape index (κ3) is 3.02. The van der Waals surface area contributed by atoms with E-state index in [4.69, 9.17) is 0 Å². The Labute approximate surface area is 123 Å². The topological polar surface area (TPSA) is 64.0 Å². The number of ketones is 1. The number of Topliss-reactive ketones (excluding diaryl/α,β-unsaturated/α-hetero) is 1. The van der Waals surface area contributed by atoms with Crippen molar-refractivity contribution >= 4 is 22.7 Å². The number of aromatic nitrogens is 2. The fourth-order valence-electron chi connectivity index (χ4n) is 2.14. The number of hydrogen-bond donors (Lipinski definition) is 1. The summed E-state index contributed by atoms with van der Waals surface area (Å²) in [5.41, 5.74) is 2.14. The molecule has 5 heteroatoms. The summed E-state index contributed by atoms with van der Waals surface area (Å²) in [7, 11) is 0. The van der Waals surface area contributed by atoms with Crippen molar-refractivity contribution < 1.29 is 9.59 Å². The lowest BCUT2D eigenvalue weighted by Crippen LogP contribution is -2.26. The molecule has 1 N–H and O–H groups in total. The van der Waals surface area contributed by atoms with Gasteiger partial charge in [0.15, 0.2) is 5.78 Å². The molecule has 1 unspecified atom stereocenters. The van der Waals surface area contributed by atoms with Gasteiger partial charge in [0.05, 0.1) is 23.6 Å². The number of amides is 1. The van der Waals surface area contributed by atoms with Gasteiger partial charge in [0.25, 0.3) is 0 Å². The second-order valence-electron chi connectivity index (χ2n) is 5.14. The van der Waals surface area contributed by atoms with Gasteiger partial charge >= 0.3 is 0 Å². The predicted molar refractivity (Wildman–Crippen MR) is 81.8 cm³/mol. The summed E-state index contributed by atoms with van der Waals surface area (Å²) in [6.07, 6.45) is 0. The molecule has 1 atom stereocenters. The average molecular weight is 285 g/mol. The van der Waals surface area contributed by atoms with Crippen molar-refractivity contribution in [2.24, 2.45) is 0 Å². The Morgan fingerprint density at radius 2 is 2.00 bits per heavy atom. The van der Waals surface area contributed by atoms with Gasteiger partial charge < -0.3 is 9.88 Å². The number of hydrogen-bond acceptors (Lipinski definition) is 3. The molecule has 21 heavy (non-hydrogen) atoms. The van der Waals surface area contributed by atoms with Gasteiger partial charge in [-0.2, -0.15) is 0 Å². The molecule has 2 rings (SSSR count). The smallest absolute Gasteiger partial charge is 0.246 e. The quantitative estimate of drug-likeness (QED) is 0.858. The Morgan fingerprint density at radius 1 is 1.33 bits per heavy atom. The minimum Gasteiger partial charge on any atom is -0.345 e. The highest BCUT2D eigenvalue weighted by molar-refractivity contribution is 5.92. The molecule has 0 bridgehead atoms. The average Bonchev–Trinajstić information content (AvgIpc) is 2.81. The normalized spacial score (nSPS) is 12.1. The molecule has 110 valence electrons. The molecule has 0 fully saturated rings. The number of para-hydroxylation sites is 2. The molecule has 0 aliphatic carbocycles. The van der Waals surface area contributed by atoms with Crippen LogP contribution in [0.1, 0.15) is 32.6 Å². The number of nitrogens with one attached hydrogen (secondary N) is 1. The van der Waals surface area contributed by atoms with Crippen molar-refractivity contribution in [3.8, 4) is 0 Å². The molecule has 1 heterocycles. The summed E-state index contributed by atoms with van der Waals surface area (Å²) >= 11 is 0. The van der Waals surface area contributed by atoms with Gasteiger partial charge in [0.1, 0.15) is 5.82 Å². The number of carbonyl (C=O) groups is 2. The lowest BCUT2D eigenvalue weighted by Gasteiger charge is -2.15. The molecule has 0 saturated heterocycles. The van der Waals surface area contributed by atoms with Crippen LogP contribution in [0.5, 0.6) is 0 Å². The maximum absolute atomic E-state index is 11.7. The van der Waals surface area contributed by atoms with Crippen LogP contribution in [0.15, 0.2) is 36.4 Å². The summed E-state index contributed by atoms with van der Waals surface area (Å²) in [4.78, 5) is 27.9. The minimum absolute atomic E-state index is 0.0469. The summed E-state index contributed by atoms with van der Waals surface area (Å²) in [6.45, 7) is 8.90. The van der Waals surface area contributed by atoms with Crippen LogP contribution in [0.2, 0.25) is 0 Å². The fourth-order valence-corrected chi connectivity index (χ4v) is 2.14. The zero-order chi connectivity index (χ0) is 15.6. The second-order valence-corrected chi connectivity index (χ2v) is 5.14. The van der Waals surface area contributed by atoms with E-state index in [0.717, 1.165) is 11.0 Å². The van der Waals surface area contributed by atoms with E-state index in [1.54, 1.807) is 13.8 Å². The van der Waals surface area contributed by atoms with Gasteiger partial charge in [0, 0.05) is 5.57 Å². The Kier molecular flexibility index (Phi) is 4.21. The van der Waals surface area contributed by atoms with E-state index in [2.05, 4.69) is 16.9 Å². The lowest BCUT2D eigenvalue weighted by molar-refractivity contribution is -0.119. The first-order chi connectivity index (χ1) is 9.91. The summed E-state index contributed by atoms with van der Waals surface area (Å²) in [5, 5.41) is 2.76. The lowest BCUT2D eigenvalue weighted by atomic mass is 10.2. The number of imidazole rings is 1. The van der Waals surface area contributed by atoms with Crippen molar-refractivity contribution in [1.82, 2.24) is 14.9 Å². The number of fused-ring (bicyclic) bond motifs is 1. The molecule has 0 aliphatic heterocycles. The molecule has 1 aromatic carbocycles. The van der Waals surface area contributed by atoms with E-state index >= 15 is 0 Å². The van der Waals surface area contributed by atoms with E-state index in [9.17, 15) is 9.59 Å². The largest absolute Gasteiger partial charge is 0.345 e. The highest BCUT2D eigenvalue weighted by Crippen LogP contribution is 2.21. The monoisotopic (exact) mass is 285 g/mol. The second kappa shape index (κ2) is 5.91. The Hall–Kier alpha value is -2.43. The van der Waals surface area contributed by atoms with E-state index < -0.39 is 0 Å². The van der Waals surface area contributed by atoms with Crippen LogP contribution in [0.4, 0.5) is 0 Å². The van der Waals surface area contributed by atoms with E-state index in [-0.39, 0.29) is 24.3 Å². The number of carbonyl (C=O) groups excluding carboxylic acids is 2. The van der Waals surface area contributed by atoms with Gasteiger partial charge in [-0.25, -0.2) is 4.98 Å². The van der Waals surface area contributed by atoms with Crippen LogP contribution in [0, 0.1) is 0 Å². The maximum atomic E-state index is 11.7. The number of benzene rings is 1. The molecular weight excluding hydrogens is 266 g/mol. The summed E-state index contributed by atoms with van der Waals surface area (Å²) in [5.74, 6) is 0.489. The van der Waals surface area contributed by atoms with Crippen molar-refractivity contribution in [3.63, 3.8) is 0 Å². The molecule has 5 nitrogen and oxygen atoms in total. The molecule has 1 aromatic heterocycles. The first-order valence-corrected chi connectivity index (χ1v) is 6.81. The number of nitrogens with zero attached hydrogens (tertiary/aromatic N) is 2. The van der Waals surface area contributed by atoms with Gasteiger partial charge in [-0.15, -0.1) is 0 Å². The zero-order valence-electron chi connectivity index (χ0n) is 12.5. The van der Waals surface area contributed by atoms with Crippen molar-refractivity contribution in [1.29, 1.82) is 0 Å². The van der Waals surface area contributed by atoms with Crippen LogP contribution < -0.4 is 5.32 Å². The summed E-state index contributed by atoms with van der Waals surface area (Å²) in [6, 6.07) is 7.29. The number of rotatable bonds is 5. The van der Waals surface area contributed by atoms with E-state index in [1.807, 2.05) is 35.8 Å². The SMILES string of the molecule is C=C(C)C(=O)NCc1nc2ccccc2n1C(C)C(C)=O. The molecule has 0 aliphatic rings. The van der Waals surface area contributed by atoms with Gasteiger partial charge in [0.2, 0.25) is 5.91 Å². The zero-order valence-corrected chi connectivity index (χ0v) is 12.5. The molecule has 0 radical (unpaired) electrons. The molecule has 1 amide bonds. The predicted octanol–water partition coefficient (Wildman–Crippen LogP) is 2.38. The van der Waals surface area contributed by atoms with Gasteiger partial charge in [-0.05, 0) is 32.9 Å². The highest BCUT2D eigenvalue weighted by atomic mass is 16.1. The molecule has 0 spiro atoms. The van der Waals surface area contributed by atoms with Gasteiger partial charge in [-0.1, -0.05) is 18.7 Å². The Balaban J connectivity index is 2.42. The summed E-state index contributed by atoms with van der Waals surface area (Å²) < 4.78 is 1.87. The Bertz CT molecular complexity index is 715. The van der Waals surface area contributed by atoms with Crippen LogP contribution in [0.3, 0.4) is 0 Å². The van der Waals surface area contributed by atoms with Crippen LogP contribution in [-0.2, 0) is 16.1 Å². The van der Waals surface area contributed by atoms with Crippen LogP contribution in [-0.4, -0.2) is 21.2 Å². The first kappa shape index (κ1) is 15.0. The maximum Gasteiger partial charge on any atom is 0.246 e. The molecular formula is C16H19N3O2. The molecule has 0 saturated carbocycles. The fraction of sp³-hybridized carbons (Fsp3) is 0.312. The van der Waals surface area contributed by atoms with E-state index in [1.165, 1.54) is 0 Å². The van der Waals surface area contributed by atoms with Crippen LogP contribution in [0.25, 0.3) is 11.0 Å². The van der Waals surface area contributed by atoms with E-state index in [0.29, 0.717) is 11.4 Å². The first-order valence-electron chi connectivity index (χ1n) is 6.81. The minimum atomic E-state index is -0.325. The van der Waals surface area contributed by atoms with Crippen molar-refractivity contribution in [2.45, 2.75) is 33.4 Å². The van der Waals surface area contributed by atoms with Gasteiger partial charge in [-0.3, -0.25) is 9.59 Å². The Morgan fingerprint density at radius 3 is 2.62 bits per heavy atom.